The minimum atomic E-state index is -0.237. The Kier molecular flexibility index (Phi) is 4.02. The summed E-state index contributed by atoms with van der Waals surface area (Å²) in [6.45, 7) is 6.63. The van der Waals surface area contributed by atoms with Gasteiger partial charge in [0.05, 0.1) is 28.8 Å². The third-order valence-electron chi connectivity index (χ3n) is 6.38. The number of anilines is 1. The van der Waals surface area contributed by atoms with Crippen molar-refractivity contribution in [3.8, 4) is 0 Å². The number of aryl methyl sites for hydroxylation is 1. The van der Waals surface area contributed by atoms with Gasteiger partial charge >= 0.3 is 0 Å². The van der Waals surface area contributed by atoms with Crippen LogP contribution in [0.4, 0.5) is 10.2 Å². The van der Waals surface area contributed by atoms with Crippen molar-refractivity contribution in [2.24, 2.45) is 0 Å². The first-order valence-electron chi connectivity index (χ1n) is 10.7. The molecular weight excluding hydrogens is 381 g/mol. The highest BCUT2D eigenvalue weighted by Crippen LogP contribution is 2.36. The van der Waals surface area contributed by atoms with Crippen LogP contribution in [0.2, 0.25) is 0 Å². The van der Waals surface area contributed by atoms with Gasteiger partial charge in [-0.1, -0.05) is 0 Å². The second-order valence-corrected chi connectivity index (χ2v) is 8.16. The average Bonchev–Trinajstić information content (AvgIpc) is 3.23. The van der Waals surface area contributed by atoms with E-state index in [0.29, 0.717) is 5.92 Å². The zero-order valence-corrected chi connectivity index (χ0v) is 17.0. The van der Waals surface area contributed by atoms with Gasteiger partial charge in [0.2, 0.25) is 0 Å². The molecule has 7 nitrogen and oxygen atoms in total. The second-order valence-electron chi connectivity index (χ2n) is 8.16. The lowest BCUT2D eigenvalue weighted by molar-refractivity contribution is 0.473. The SMILES string of the molecule is CCn1c(C2CN(c3c4c(nc5ccnn35)CCNCC4)C2)nc2cc(F)ccc21. The van der Waals surface area contributed by atoms with Crippen LogP contribution < -0.4 is 10.2 Å². The zero-order chi connectivity index (χ0) is 20.2. The highest BCUT2D eigenvalue weighted by molar-refractivity contribution is 5.76. The Labute approximate surface area is 173 Å². The van der Waals surface area contributed by atoms with E-state index in [1.165, 1.54) is 29.2 Å². The Morgan fingerprint density at radius 3 is 2.87 bits per heavy atom. The van der Waals surface area contributed by atoms with Crippen molar-refractivity contribution in [3.63, 3.8) is 0 Å². The summed E-state index contributed by atoms with van der Waals surface area (Å²) < 4.78 is 17.9. The maximum Gasteiger partial charge on any atom is 0.157 e. The maximum absolute atomic E-state index is 13.7. The van der Waals surface area contributed by atoms with E-state index in [9.17, 15) is 4.39 Å². The quantitative estimate of drug-likeness (QED) is 0.568. The Balaban J connectivity index is 1.37. The first-order chi connectivity index (χ1) is 14.7. The first-order valence-corrected chi connectivity index (χ1v) is 10.7. The summed E-state index contributed by atoms with van der Waals surface area (Å²) in [5.41, 5.74) is 5.14. The third kappa shape index (κ3) is 2.63. The predicted octanol–water partition coefficient (Wildman–Crippen LogP) is 2.53. The molecule has 4 aromatic rings. The highest BCUT2D eigenvalue weighted by atomic mass is 19.1. The number of rotatable bonds is 3. The summed E-state index contributed by atoms with van der Waals surface area (Å²) >= 11 is 0. The Bertz CT molecular complexity index is 1250. The smallest absolute Gasteiger partial charge is 0.157 e. The molecule has 30 heavy (non-hydrogen) atoms. The lowest BCUT2D eigenvalue weighted by atomic mass is 9.97. The summed E-state index contributed by atoms with van der Waals surface area (Å²) in [5.74, 6) is 2.30. The van der Waals surface area contributed by atoms with Crippen LogP contribution in [0.3, 0.4) is 0 Å². The van der Waals surface area contributed by atoms with Gasteiger partial charge in [-0.25, -0.2) is 14.4 Å². The normalized spacial score (nSPS) is 17.3. The van der Waals surface area contributed by atoms with Crippen LogP contribution in [-0.2, 0) is 19.4 Å². The number of fused-ring (bicyclic) bond motifs is 3. The number of aromatic nitrogens is 5. The molecule has 2 aliphatic rings. The first kappa shape index (κ1) is 17.8. The second kappa shape index (κ2) is 6.77. The van der Waals surface area contributed by atoms with Gasteiger partial charge in [-0.15, -0.1) is 0 Å². The molecule has 1 N–H and O–H groups in total. The molecule has 0 unspecified atom stereocenters. The van der Waals surface area contributed by atoms with Crippen molar-refractivity contribution in [3.05, 3.63) is 53.4 Å². The van der Waals surface area contributed by atoms with Gasteiger partial charge in [0.1, 0.15) is 17.5 Å². The molecule has 5 heterocycles. The number of hydrogen-bond donors (Lipinski definition) is 1. The largest absolute Gasteiger partial charge is 0.355 e. The van der Waals surface area contributed by atoms with E-state index in [1.54, 1.807) is 0 Å². The van der Waals surface area contributed by atoms with E-state index in [2.05, 4.69) is 26.8 Å². The van der Waals surface area contributed by atoms with Gasteiger partial charge in [-0.05, 0) is 32.0 Å². The van der Waals surface area contributed by atoms with Gasteiger partial charge in [-0.2, -0.15) is 9.61 Å². The summed E-state index contributed by atoms with van der Waals surface area (Å²) in [5, 5.41) is 8.05. The molecule has 0 spiro atoms. The van der Waals surface area contributed by atoms with E-state index >= 15 is 0 Å². The molecule has 1 saturated heterocycles. The maximum atomic E-state index is 13.7. The minimum absolute atomic E-state index is 0.237. The highest BCUT2D eigenvalue weighted by Gasteiger charge is 2.35. The van der Waals surface area contributed by atoms with Crippen LogP contribution in [0, 0.1) is 5.82 Å². The number of nitrogens with zero attached hydrogens (tertiary/aromatic N) is 6. The van der Waals surface area contributed by atoms with E-state index in [1.807, 2.05) is 22.8 Å². The Morgan fingerprint density at radius 2 is 2.00 bits per heavy atom. The van der Waals surface area contributed by atoms with Gasteiger partial charge in [-0.3, -0.25) is 0 Å². The summed E-state index contributed by atoms with van der Waals surface area (Å²) in [4.78, 5) is 12.1. The lowest BCUT2D eigenvalue weighted by Crippen LogP contribution is -2.47. The third-order valence-corrected chi connectivity index (χ3v) is 6.38. The Hall–Kier alpha value is -3.00. The molecular formula is C22H24FN7. The van der Waals surface area contributed by atoms with Crippen molar-refractivity contribution in [1.82, 2.24) is 29.5 Å². The fraction of sp³-hybridized carbons (Fsp3) is 0.409. The van der Waals surface area contributed by atoms with Crippen LogP contribution in [0.25, 0.3) is 16.7 Å². The van der Waals surface area contributed by atoms with E-state index in [0.717, 1.165) is 68.1 Å². The monoisotopic (exact) mass is 405 g/mol. The predicted molar refractivity (Wildman–Crippen MR) is 114 cm³/mol. The van der Waals surface area contributed by atoms with Gasteiger partial charge in [0.15, 0.2) is 5.65 Å². The molecule has 0 radical (unpaired) electrons. The number of hydrogen-bond acceptors (Lipinski definition) is 5. The minimum Gasteiger partial charge on any atom is -0.355 e. The zero-order valence-electron chi connectivity index (χ0n) is 17.0. The summed E-state index contributed by atoms with van der Waals surface area (Å²) in [6.07, 6.45) is 3.73. The fourth-order valence-corrected chi connectivity index (χ4v) is 4.92. The lowest BCUT2D eigenvalue weighted by Gasteiger charge is -2.41. The van der Waals surface area contributed by atoms with Crippen molar-refractivity contribution in [2.45, 2.75) is 32.2 Å². The van der Waals surface area contributed by atoms with E-state index in [4.69, 9.17) is 9.97 Å². The van der Waals surface area contributed by atoms with Gasteiger partial charge in [0, 0.05) is 50.3 Å². The van der Waals surface area contributed by atoms with E-state index < -0.39 is 0 Å². The Morgan fingerprint density at radius 1 is 1.13 bits per heavy atom. The molecule has 0 aliphatic carbocycles. The molecule has 0 saturated carbocycles. The van der Waals surface area contributed by atoms with E-state index in [-0.39, 0.29) is 5.82 Å². The molecule has 1 aromatic carbocycles. The van der Waals surface area contributed by atoms with Crippen LogP contribution in [0.5, 0.6) is 0 Å². The molecule has 8 heteroatoms. The number of imidazole rings is 1. The van der Waals surface area contributed by atoms with Gasteiger partial charge < -0.3 is 14.8 Å². The standard InChI is InChI=1S/C22H24FN7/c1-2-29-19-4-3-15(23)11-18(19)27-21(29)14-12-28(13-14)22-16-5-8-24-9-6-17(16)26-20-7-10-25-30(20)22/h3-4,7,10-11,14,24H,2,5-6,8-9,12-13H2,1H3. The topological polar surface area (TPSA) is 63.3 Å². The number of nitrogens with one attached hydrogen (secondary N) is 1. The molecule has 154 valence electrons. The van der Waals surface area contributed by atoms with Crippen molar-refractivity contribution < 1.29 is 4.39 Å². The van der Waals surface area contributed by atoms with Crippen molar-refractivity contribution in [2.75, 3.05) is 31.1 Å². The molecule has 6 rings (SSSR count). The molecule has 1 fully saturated rings. The number of halogens is 1. The van der Waals surface area contributed by atoms with Crippen LogP contribution >= 0.6 is 0 Å². The average molecular weight is 405 g/mol. The summed E-state index contributed by atoms with van der Waals surface area (Å²) in [6, 6.07) is 6.86. The van der Waals surface area contributed by atoms with Gasteiger partial charge in [0.25, 0.3) is 0 Å². The molecule has 0 bridgehead atoms. The summed E-state index contributed by atoms with van der Waals surface area (Å²) in [7, 11) is 0. The number of benzene rings is 1. The molecule has 2 aliphatic heterocycles. The molecule has 3 aromatic heterocycles. The molecule has 0 atom stereocenters. The fourth-order valence-electron chi connectivity index (χ4n) is 4.92. The van der Waals surface area contributed by atoms with Crippen LogP contribution in [-0.4, -0.2) is 50.3 Å². The van der Waals surface area contributed by atoms with Crippen molar-refractivity contribution in [1.29, 1.82) is 0 Å². The van der Waals surface area contributed by atoms with Crippen LogP contribution in [0.15, 0.2) is 30.5 Å². The van der Waals surface area contributed by atoms with Crippen molar-refractivity contribution >= 4 is 22.5 Å². The molecule has 0 amide bonds. The van der Waals surface area contributed by atoms with Crippen LogP contribution in [0.1, 0.15) is 29.9 Å².